The van der Waals surface area contributed by atoms with E-state index in [0.717, 1.165) is 11.4 Å². The summed E-state index contributed by atoms with van der Waals surface area (Å²) < 4.78 is 1.84. The minimum atomic E-state index is -0.222. The standard InChI is InChI=1S/C15H17Cl2N3O/c1-9(8-20-11(3)4-10(2)19-20)15(21)18-14-6-12(16)5-13(17)7-14/h4-7,9H,8H2,1-3H3,(H,18,21). The van der Waals surface area contributed by atoms with Crippen LogP contribution in [0.2, 0.25) is 10.0 Å². The van der Waals surface area contributed by atoms with E-state index in [1.165, 1.54) is 0 Å². The summed E-state index contributed by atoms with van der Waals surface area (Å²) >= 11 is 11.8. The Labute approximate surface area is 134 Å². The number of hydrogen-bond acceptors (Lipinski definition) is 2. The van der Waals surface area contributed by atoms with Crippen LogP contribution in [0.25, 0.3) is 0 Å². The highest BCUT2D eigenvalue weighted by atomic mass is 35.5. The molecule has 2 rings (SSSR count). The molecule has 2 aromatic rings. The van der Waals surface area contributed by atoms with Crippen LogP contribution >= 0.6 is 23.2 Å². The third-order valence-corrected chi connectivity index (χ3v) is 3.56. The Hall–Kier alpha value is -1.52. The lowest BCUT2D eigenvalue weighted by molar-refractivity contribution is -0.119. The molecule has 1 atom stereocenters. The van der Waals surface area contributed by atoms with Gasteiger partial charge in [-0.25, -0.2) is 0 Å². The summed E-state index contributed by atoms with van der Waals surface area (Å²) in [4.78, 5) is 12.2. The molecule has 0 aliphatic heterocycles. The van der Waals surface area contributed by atoms with Crippen molar-refractivity contribution in [1.82, 2.24) is 9.78 Å². The first-order valence-corrected chi connectivity index (χ1v) is 7.39. The van der Waals surface area contributed by atoms with E-state index in [0.29, 0.717) is 22.3 Å². The molecule has 0 aliphatic rings. The molecule has 1 N–H and O–H groups in total. The Balaban J connectivity index is 2.04. The maximum atomic E-state index is 12.2. The van der Waals surface area contributed by atoms with Crippen molar-refractivity contribution in [3.8, 4) is 0 Å². The van der Waals surface area contributed by atoms with Crippen molar-refractivity contribution < 1.29 is 4.79 Å². The number of aryl methyl sites for hydroxylation is 2. The summed E-state index contributed by atoms with van der Waals surface area (Å²) in [6, 6.07) is 6.95. The van der Waals surface area contributed by atoms with Crippen LogP contribution in [-0.4, -0.2) is 15.7 Å². The van der Waals surface area contributed by atoms with Gasteiger partial charge in [0.05, 0.1) is 18.2 Å². The van der Waals surface area contributed by atoms with Gasteiger partial charge < -0.3 is 5.32 Å². The number of aromatic nitrogens is 2. The summed E-state index contributed by atoms with van der Waals surface area (Å²) in [5.41, 5.74) is 2.58. The highest BCUT2D eigenvalue weighted by Crippen LogP contribution is 2.23. The lowest BCUT2D eigenvalue weighted by Crippen LogP contribution is -2.25. The van der Waals surface area contributed by atoms with Crippen LogP contribution in [0.5, 0.6) is 0 Å². The van der Waals surface area contributed by atoms with Gasteiger partial charge in [-0.15, -0.1) is 0 Å². The number of hydrogen-bond donors (Lipinski definition) is 1. The molecule has 112 valence electrons. The minimum Gasteiger partial charge on any atom is -0.326 e. The molecule has 21 heavy (non-hydrogen) atoms. The average molecular weight is 326 g/mol. The Morgan fingerprint density at radius 3 is 2.38 bits per heavy atom. The third kappa shape index (κ3) is 4.22. The highest BCUT2D eigenvalue weighted by molar-refractivity contribution is 6.35. The van der Waals surface area contributed by atoms with E-state index in [-0.39, 0.29) is 11.8 Å². The fourth-order valence-electron chi connectivity index (χ4n) is 2.09. The van der Waals surface area contributed by atoms with Gasteiger partial charge >= 0.3 is 0 Å². The summed E-state index contributed by atoms with van der Waals surface area (Å²) in [5, 5.41) is 8.16. The number of anilines is 1. The average Bonchev–Trinajstić information content (AvgIpc) is 2.66. The number of halogens is 2. The van der Waals surface area contributed by atoms with Crippen LogP contribution in [-0.2, 0) is 11.3 Å². The van der Waals surface area contributed by atoms with Crippen LogP contribution in [0.4, 0.5) is 5.69 Å². The number of benzene rings is 1. The Morgan fingerprint density at radius 1 is 1.24 bits per heavy atom. The quantitative estimate of drug-likeness (QED) is 0.920. The maximum Gasteiger partial charge on any atom is 0.229 e. The number of nitrogens with zero attached hydrogens (tertiary/aromatic N) is 2. The monoisotopic (exact) mass is 325 g/mol. The smallest absolute Gasteiger partial charge is 0.229 e. The normalized spacial score (nSPS) is 12.2. The number of carbonyl (C=O) groups excluding carboxylic acids is 1. The molecule has 0 radical (unpaired) electrons. The molecule has 0 saturated carbocycles. The Kier molecular flexibility index (Phi) is 4.91. The van der Waals surface area contributed by atoms with Crippen LogP contribution in [0.15, 0.2) is 24.3 Å². The van der Waals surface area contributed by atoms with Gasteiger partial charge in [0, 0.05) is 21.4 Å². The molecular weight excluding hydrogens is 309 g/mol. The lowest BCUT2D eigenvalue weighted by Gasteiger charge is -2.14. The van der Waals surface area contributed by atoms with Crippen LogP contribution in [0.3, 0.4) is 0 Å². The zero-order valence-corrected chi connectivity index (χ0v) is 13.7. The molecule has 4 nitrogen and oxygen atoms in total. The van der Waals surface area contributed by atoms with Gasteiger partial charge in [0.15, 0.2) is 0 Å². The zero-order chi connectivity index (χ0) is 15.6. The minimum absolute atomic E-state index is 0.0964. The van der Waals surface area contributed by atoms with Crippen molar-refractivity contribution in [3.63, 3.8) is 0 Å². The summed E-state index contributed by atoms with van der Waals surface area (Å²) in [6.07, 6.45) is 0. The van der Waals surface area contributed by atoms with E-state index >= 15 is 0 Å². The first kappa shape index (κ1) is 15.9. The van der Waals surface area contributed by atoms with E-state index in [1.807, 2.05) is 31.5 Å². The molecule has 0 aliphatic carbocycles. The second-order valence-electron chi connectivity index (χ2n) is 5.16. The first-order chi connectivity index (χ1) is 9.85. The molecule has 1 amide bonds. The van der Waals surface area contributed by atoms with Gasteiger partial charge in [0.2, 0.25) is 5.91 Å². The largest absolute Gasteiger partial charge is 0.326 e. The van der Waals surface area contributed by atoms with Crippen molar-refractivity contribution in [2.75, 3.05) is 5.32 Å². The Bertz CT molecular complexity index is 647. The predicted octanol–water partition coefficient (Wildman–Crippen LogP) is 4.08. The van der Waals surface area contributed by atoms with Crippen molar-refractivity contribution in [2.24, 2.45) is 5.92 Å². The molecular formula is C15H17Cl2N3O. The maximum absolute atomic E-state index is 12.2. The van der Waals surface area contributed by atoms with E-state index in [9.17, 15) is 4.79 Å². The van der Waals surface area contributed by atoms with E-state index < -0.39 is 0 Å². The third-order valence-electron chi connectivity index (χ3n) is 3.13. The van der Waals surface area contributed by atoms with Gasteiger partial charge in [-0.2, -0.15) is 5.10 Å². The lowest BCUT2D eigenvalue weighted by atomic mass is 10.1. The number of rotatable bonds is 4. The van der Waals surface area contributed by atoms with Crippen molar-refractivity contribution in [2.45, 2.75) is 27.3 Å². The Morgan fingerprint density at radius 2 is 1.86 bits per heavy atom. The molecule has 1 aromatic carbocycles. The molecule has 6 heteroatoms. The molecule has 0 bridgehead atoms. The van der Waals surface area contributed by atoms with Gasteiger partial charge in [-0.1, -0.05) is 30.1 Å². The fourth-order valence-corrected chi connectivity index (χ4v) is 2.62. The summed E-state index contributed by atoms with van der Waals surface area (Å²) in [6.45, 7) is 6.29. The summed E-state index contributed by atoms with van der Waals surface area (Å²) in [7, 11) is 0. The molecule has 1 unspecified atom stereocenters. The summed E-state index contributed by atoms with van der Waals surface area (Å²) in [5.74, 6) is -0.318. The van der Waals surface area contributed by atoms with E-state index in [4.69, 9.17) is 23.2 Å². The van der Waals surface area contributed by atoms with Crippen LogP contribution in [0, 0.1) is 19.8 Å². The van der Waals surface area contributed by atoms with Gasteiger partial charge in [-0.3, -0.25) is 9.48 Å². The number of nitrogens with one attached hydrogen (secondary N) is 1. The zero-order valence-electron chi connectivity index (χ0n) is 12.2. The van der Waals surface area contributed by atoms with E-state index in [2.05, 4.69) is 10.4 Å². The molecule has 1 aromatic heterocycles. The first-order valence-electron chi connectivity index (χ1n) is 6.63. The molecule has 0 saturated heterocycles. The molecule has 0 spiro atoms. The number of amides is 1. The topological polar surface area (TPSA) is 46.9 Å². The van der Waals surface area contributed by atoms with E-state index in [1.54, 1.807) is 18.2 Å². The predicted molar refractivity (Wildman–Crippen MR) is 86.0 cm³/mol. The molecule has 0 fully saturated rings. The van der Waals surface area contributed by atoms with Crippen LogP contribution < -0.4 is 5.32 Å². The molecule has 1 heterocycles. The SMILES string of the molecule is Cc1cc(C)n(CC(C)C(=O)Nc2cc(Cl)cc(Cl)c2)n1. The second-order valence-corrected chi connectivity index (χ2v) is 6.03. The fraction of sp³-hybridized carbons (Fsp3) is 0.333. The van der Waals surface area contributed by atoms with Crippen molar-refractivity contribution >= 4 is 34.8 Å². The van der Waals surface area contributed by atoms with Crippen molar-refractivity contribution in [1.29, 1.82) is 0 Å². The second kappa shape index (κ2) is 6.50. The van der Waals surface area contributed by atoms with Crippen molar-refractivity contribution in [3.05, 3.63) is 45.7 Å². The highest BCUT2D eigenvalue weighted by Gasteiger charge is 2.16. The van der Waals surface area contributed by atoms with Gasteiger partial charge in [0.1, 0.15) is 0 Å². The van der Waals surface area contributed by atoms with Crippen LogP contribution in [0.1, 0.15) is 18.3 Å². The number of carbonyl (C=O) groups is 1. The van der Waals surface area contributed by atoms with Gasteiger partial charge in [0.25, 0.3) is 0 Å². The van der Waals surface area contributed by atoms with Gasteiger partial charge in [-0.05, 0) is 38.1 Å².